The van der Waals surface area contributed by atoms with E-state index in [1.54, 1.807) is 6.07 Å². The Balaban J connectivity index is 1.37. The third-order valence-corrected chi connectivity index (χ3v) is 6.73. The standard InChI is InChI=1S/C25H23F3N2/c26-25(27,28)18-5-3-4-17(12-18)15-8-10-16(11-9-15)20-13-22(20)24(30)14-23(29)19-6-1-2-7-21(19)24/h1-12,20,22-23H,13-14,29-30H2/t20-,22+,23?,24?/m0/s1. The number of nitrogens with two attached hydrogens (primary N) is 2. The van der Waals surface area contributed by atoms with Crippen molar-refractivity contribution in [3.63, 3.8) is 0 Å². The van der Waals surface area contributed by atoms with Crippen molar-refractivity contribution in [2.75, 3.05) is 0 Å². The molecular weight excluding hydrogens is 385 g/mol. The highest BCUT2D eigenvalue weighted by Gasteiger charge is 2.55. The zero-order valence-electron chi connectivity index (χ0n) is 16.4. The molecule has 0 spiro atoms. The Labute approximate surface area is 173 Å². The summed E-state index contributed by atoms with van der Waals surface area (Å²) in [6.07, 6.45) is -2.60. The van der Waals surface area contributed by atoms with Gasteiger partial charge in [0.2, 0.25) is 0 Å². The molecule has 0 amide bonds. The van der Waals surface area contributed by atoms with Crippen LogP contribution >= 0.6 is 0 Å². The highest BCUT2D eigenvalue weighted by atomic mass is 19.4. The van der Waals surface area contributed by atoms with Crippen LogP contribution in [0.25, 0.3) is 11.1 Å². The Bertz CT molecular complexity index is 1090. The van der Waals surface area contributed by atoms with E-state index in [2.05, 4.69) is 12.1 Å². The van der Waals surface area contributed by atoms with Gasteiger partial charge in [-0.05, 0) is 64.6 Å². The molecule has 0 aromatic heterocycles. The summed E-state index contributed by atoms with van der Waals surface area (Å²) in [6, 6.07) is 21.4. The summed E-state index contributed by atoms with van der Waals surface area (Å²) in [7, 11) is 0. The van der Waals surface area contributed by atoms with Crippen molar-refractivity contribution in [3.8, 4) is 11.1 Å². The van der Waals surface area contributed by atoms with E-state index in [0.29, 0.717) is 17.4 Å². The molecule has 3 aromatic rings. The fourth-order valence-electron chi connectivity index (χ4n) is 5.11. The Morgan fingerprint density at radius 2 is 1.60 bits per heavy atom. The molecule has 0 heterocycles. The molecule has 0 radical (unpaired) electrons. The van der Waals surface area contributed by atoms with E-state index in [4.69, 9.17) is 11.5 Å². The number of alkyl halides is 3. The highest BCUT2D eigenvalue weighted by molar-refractivity contribution is 5.65. The lowest BCUT2D eigenvalue weighted by atomic mass is 9.85. The van der Waals surface area contributed by atoms with Gasteiger partial charge in [-0.25, -0.2) is 0 Å². The van der Waals surface area contributed by atoms with Gasteiger partial charge in [0.05, 0.1) is 5.56 Å². The van der Waals surface area contributed by atoms with Gasteiger partial charge in [-0.15, -0.1) is 0 Å². The van der Waals surface area contributed by atoms with Crippen LogP contribution in [-0.4, -0.2) is 0 Å². The van der Waals surface area contributed by atoms with Crippen molar-refractivity contribution < 1.29 is 13.2 Å². The van der Waals surface area contributed by atoms with Crippen molar-refractivity contribution in [2.24, 2.45) is 17.4 Å². The monoisotopic (exact) mass is 408 g/mol. The maximum Gasteiger partial charge on any atom is 0.416 e. The molecule has 4 atom stereocenters. The second-order valence-corrected chi connectivity index (χ2v) is 8.59. The molecule has 2 aliphatic rings. The number of halogens is 3. The van der Waals surface area contributed by atoms with Crippen molar-refractivity contribution in [1.29, 1.82) is 0 Å². The van der Waals surface area contributed by atoms with Crippen LogP contribution < -0.4 is 11.5 Å². The maximum atomic E-state index is 13.0. The lowest BCUT2D eigenvalue weighted by Crippen LogP contribution is -2.37. The highest BCUT2D eigenvalue weighted by Crippen LogP contribution is 2.60. The van der Waals surface area contributed by atoms with Crippen molar-refractivity contribution in [1.82, 2.24) is 0 Å². The maximum absolute atomic E-state index is 13.0. The van der Waals surface area contributed by atoms with Gasteiger partial charge in [0.25, 0.3) is 0 Å². The number of rotatable bonds is 3. The summed E-state index contributed by atoms with van der Waals surface area (Å²) >= 11 is 0. The fraction of sp³-hybridized carbons (Fsp3) is 0.280. The summed E-state index contributed by atoms with van der Waals surface area (Å²) in [5, 5.41) is 0. The smallest absolute Gasteiger partial charge is 0.324 e. The van der Waals surface area contributed by atoms with Crippen LogP contribution in [0.3, 0.4) is 0 Å². The van der Waals surface area contributed by atoms with E-state index in [1.807, 2.05) is 36.4 Å². The van der Waals surface area contributed by atoms with E-state index in [-0.39, 0.29) is 6.04 Å². The summed E-state index contributed by atoms with van der Waals surface area (Å²) in [4.78, 5) is 0. The zero-order chi connectivity index (χ0) is 21.1. The molecule has 1 saturated carbocycles. The van der Waals surface area contributed by atoms with Gasteiger partial charge >= 0.3 is 6.18 Å². The lowest BCUT2D eigenvalue weighted by molar-refractivity contribution is -0.137. The van der Waals surface area contributed by atoms with Crippen LogP contribution in [0.4, 0.5) is 13.2 Å². The van der Waals surface area contributed by atoms with Gasteiger partial charge in [-0.1, -0.05) is 60.7 Å². The molecule has 0 aliphatic heterocycles. The van der Waals surface area contributed by atoms with Gasteiger partial charge in [0, 0.05) is 11.6 Å². The molecule has 4 N–H and O–H groups in total. The molecule has 2 nitrogen and oxygen atoms in total. The normalized spacial score (nSPS) is 27.7. The molecule has 2 unspecified atom stereocenters. The minimum absolute atomic E-state index is 0.0317. The van der Waals surface area contributed by atoms with Crippen molar-refractivity contribution >= 4 is 0 Å². The molecule has 0 bridgehead atoms. The van der Waals surface area contributed by atoms with E-state index < -0.39 is 17.3 Å². The Morgan fingerprint density at radius 3 is 2.33 bits per heavy atom. The Kier molecular flexibility index (Phi) is 4.31. The molecule has 154 valence electrons. The molecule has 0 saturated heterocycles. The fourth-order valence-corrected chi connectivity index (χ4v) is 5.11. The largest absolute Gasteiger partial charge is 0.416 e. The van der Waals surface area contributed by atoms with E-state index in [9.17, 15) is 13.2 Å². The SMILES string of the molecule is NC1CC(N)([C@@H]2C[C@H]2c2ccc(-c3cccc(C(F)(F)F)c3)cc2)c2ccccc21. The minimum Gasteiger partial charge on any atom is -0.324 e. The van der Waals surface area contributed by atoms with E-state index >= 15 is 0 Å². The van der Waals surface area contributed by atoms with Crippen LogP contribution in [0.1, 0.15) is 47.1 Å². The molecule has 1 fully saturated rings. The average Bonchev–Trinajstić information content (AvgIpc) is 3.50. The number of fused-ring (bicyclic) bond motifs is 1. The second kappa shape index (κ2) is 6.69. The van der Waals surface area contributed by atoms with Crippen LogP contribution in [0.5, 0.6) is 0 Å². The number of hydrogen-bond acceptors (Lipinski definition) is 2. The summed E-state index contributed by atoms with van der Waals surface area (Å²) in [5.41, 5.74) is 17.0. The molecule has 5 heteroatoms. The molecule has 3 aromatic carbocycles. The molecular formula is C25H23F3N2. The first-order valence-corrected chi connectivity index (χ1v) is 10.2. The van der Waals surface area contributed by atoms with E-state index in [1.165, 1.54) is 17.7 Å². The first-order chi connectivity index (χ1) is 14.3. The van der Waals surface area contributed by atoms with Crippen molar-refractivity contribution in [3.05, 3.63) is 95.1 Å². The first kappa shape index (κ1) is 19.3. The number of hydrogen-bond donors (Lipinski definition) is 2. The summed E-state index contributed by atoms with van der Waals surface area (Å²) < 4.78 is 39.0. The predicted molar refractivity (Wildman–Crippen MR) is 112 cm³/mol. The summed E-state index contributed by atoms with van der Waals surface area (Å²) in [5.74, 6) is 0.676. The molecule has 5 rings (SSSR count). The van der Waals surface area contributed by atoms with Gasteiger partial charge in [-0.2, -0.15) is 13.2 Å². The predicted octanol–water partition coefficient (Wildman–Crippen LogP) is 5.73. The zero-order valence-corrected chi connectivity index (χ0v) is 16.4. The van der Waals surface area contributed by atoms with Crippen LogP contribution in [0.15, 0.2) is 72.8 Å². The Hall–Kier alpha value is -2.63. The van der Waals surface area contributed by atoms with Gasteiger partial charge in [0.1, 0.15) is 0 Å². The van der Waals surface area contributed by atoms with Crippen molar-refractivity contribution in [2.45, 2.75) is 36.5 Å². The average molecular weight is 408 g/mol. The minimum atomic E-state index is -4.34. The van der Waals surface area contributed by atoms with Gasteiger partial charge < -0.3 is 11.5 Å². The van der Waals surface area contributed by atoms with E-state index in [0.717, 1.165) is 35.6 Å². The quantitative estimate of drug-likeness (QED) is 0.581. The topological polar surface area (TPSA) is 52.0 Å². The first-order valence-electron chi connectivity index (χ1n) is 10.2. The van der Waals surface area contributed by atoms with Gasteiger partial charge in [0.15, 0.2) is 0 Å². The Morgan fingerprint density at radius 1 is 0.867 bits per heavy atom. The van der Waals surface area contributed by atoms with Gasteiger partial charge in [-0.3, -0.25) is 0 Å². The number of benzene rings is 3. The third kappa shape index (κ3) is 3.13. The third-order valence-electron chi connectivity index (χ3n) is 6.73. The lowest BCUT2D eigenvalue weighted by Gasteiger charge is -2.26. The van der Waals surface area contributed by atoms with Crippen LogP contribution in [0, 0.1) is 5.92 Å². The summed E-state index contributed by atoms with van der Waals surface area (Å²) in [6.45, 7) is 0. The molecule has 2 aliphatic carbocycles. The van der Waals surface area contributed by atoms with Crippen LogP contribution in [-0.2, 0) is 11.7 Å². The molecule has 30 heavy (non-hydrogen) atoms. The van der Waals surface area contributed by atoms with Crippen LogP contribution in [0.2, 0.25) is 0 Å². The second-order valence-electron chi connectivity index (χ2n) is 8.59.